The standard InChI is InChI=1S/C11H16ClNO/c12-5-11(14)8-13-6-9-3-1-2-4-10(9)7-13/h1-2,9-10H,3-8H2. The van der Waals surface area contributed by atoms with Crippen LogP contribution in [0.25, 0.3) is 0 Å². The molecule has 0 bridgehead atoms. The molecule has 3 heteroatoms. The van der Waals surface area contributed by atoms with Crippen molar-refractivity contribution in [3.05, 3.63) is 12.2 Å². The monoisotopic (exact) mass is 213 g/mol. The Balaban J connectivity index is 1.86. The smallest absolute Gasteiger partial charge is 0.161 e. The molecule has 0 aromatic heterocycles. The largest absolute Gasteiger partial charge is 0.297 e. The average Bonchev–Trinajstić information content (AvgIpc) is 2.59. The molecule has 1 aliphatic heterocycles. The van der Waals surface area contributed by atoms with Crippen LogP contribution in [0.5, 0.6) is 0 Å². The van der Waals surface area contributed by atoms with Crippen LogP contribution in [0.15, 0.2) is 12.2 Å². The van der Waals surface area contributed by atoms with E-state index in [9.17, 15) is 4.79 Å². The third kappa shape index (κ3) is 2.18. The lowest BCUT2D eigenvalue weighted by molar-refractivity contribution is -0.117. The number of carbonyl (C=O) groups is 1. The third-order valence-electron chi connectivity index (χ3n) is 3.25. The van der Waals surface area contributed by atoms with Crippen LogP contribution >= 0.6 is 11.6 Å². The Morgan fingerprint density at radius 2 is 1.86 bits per heavy atom. The quantitative estimate of drug-likeness (QED) is 0.526. The van der Waals surface area contributed by atoms with Crippen LogP contribution < -0.4 is 0 Å². The van der Waals surface area contributed by atoms with E-state index in [0.717, 1.165) is 24.9 Å². The van der Waals surface area contributed by atoms with Gasteiger partial charge in [-0.15, -0.1) is 11.6 Å². The molecule has 0 saturated carbocycles. The molecule has 0 N–H and O–H groups in total. The van der Waals surface area contributed by atoms with Gasteiger partial charge in [-0.1, -0.05) is 12.2 Å². The van der Waals surface area contributed by atoms with Gasteiger partial charge in [-0.2, -0.15) is 0 Å². The Bertz CT molecular complexity index is 236. The van der Waals surface area contributed by atoms with Crippen LogP contribution in [0.3, 0.4) is 0 Å². The molecule has 0 aromatic rings. The molecular weight excluding hydrogens is 198 g/mol. The van der Waals surface area contributed by atoms with Crippen molar-refractivity contribution in [2.45, 2.75) is 12.8 Å². The Morgan fingerprint density at radius 3 is 2.36 bits per heavy atom. The predicted octanol–water partition coefficient (Wildman–Crippen LogP) is 1.69. The number of alkyl halides is 1. The molecule has 1 saturated heterocycles. The van der Waals surface area contributed by atoms with Crippen molar-refractivity contribution in [1.82, 2.24) is 4.90 Å². The van der Waals surface area contributed by atoms with Crippen LogP contribution in [0.1, 0.15) is 12.8 Å². The lowest BCUT2D eigenvalue weighted by Gasteiger charge is -2.18. The zero-order chi connectivity index (χ0) is 9.97. The van der Waals surface area contributed by atoms with Crippen molar-refractivity contribution in [2.75, 3.05) is 25.5 Å². The highest BCUT2D eigenvalue weighted by atomic mass is 35.5. The summed E-state index contributed by atoms with van der Waals surface area (Å²) in [5, 5.41) is 0. The first-order chi connectivity index (χ1) is 6.79. The minimum Gasteiger partial charge on any atom is -0.297 e. The number of halogens is 1. The summed E-state index contributed by atoms with van der Waals surface area (Å²) in [6.45, 7) is 2.71. The van der Waals surface area contributed by atoms with Gasteiger partial charge >= 0.3 is 0 Å². The molecule has 0 amide bonds. The first kappa shape index (κ1) is 10.2. The number of hydrogen-bond donors (Lipinski definition) is 0. The van der Waals surface area contributed by atoms with E-state index in [1.807, 2.05) is 0 Å². The van der Waals surface area contributed by atoms with Crippen molar-refractivity contribution in [1.29, 1.82) is 0 Å². The molecule has 2 unspecified atom stereocenters. The Hall–Kier alpha value is -0.340. The highest BCUT2D eigenvalue weighted by Crippen LogP contribution is 2.32. The molecule has 1 fully saturated rings. The number of nitrogens with zero attached hydrogens (tertiary/aromatic N) is 1. The summed E-state index contributed by atoms with van der Waals surface area (Å²) < 4.78 is 0. The van der Waals surface area contributed by atoms with Gasteiger partial charge in [-0.25, -0.2) is 0 Å². The van der Waals surface area contributed by atoms with E-state index < -0.39 is 0 Å². The summed E-state index contributed by atoms with van der Waals surface area (Å²) in [6, 6.07) is 0. The van der Waals surface area contributed by atoms with Gasteiger partial charge in [0.1, 0.15) is 0 Å². The van der Waals surface area contributed by atoms with E-state index in [-0.39, 0.29) is 11.7 Å². The van der Waals surface area contributed by atoms with Crippen LogP contribution in [0.4, 0.5) is 0 Å². The Labute approximate surface area is 89.9 Å². The van der Waals surface area contributed by atoms with Gasteiger partial charge in [0, 0.05) is 13.1 Å². The van der Waals surface area contributed by atoms with E-state index >= 15 is 0 Å². The number of hydrogen-bond acceptors (Lipinski definition) is 2. The lowest BCUT2D eigenvalue weighted by Crippen LogP contribution is -2.28. The molecule has 2 nitrogen and oxygen atoms in total. The minimum absolute atomic E-state index is 0.151. The molecule has 0 spiro atoms. The summed E-state index contributed by atoms with van der Waals surface area (Å²) in [5.41, 5.74) is 0. The molecule has 2 rings (SSSR count). The molecule has 14 heavy (non-hydrogen) atoms. The molecule has 78 valence electrons. The summed E-state index contributed by atoms with van der Waals surface area (Å²) in [4.78, 5) is 13.4. The maximum Gasteiger partial charge on any atom is 0.161 e. The minimum atomic E-state index is 0.151. The molecule has 0 radical (unpaired) electrons. The number of rotatable bonds is 3. The number of fused-ring (bicyclic) bond motifs is 1. The third-order valence-corrected chi connectivity index (χ3v) is 3.54. The fourth-order valence-electron chi connectivity index (χ4n) is 2.53. The maximum atomic E-state index is 11.2. The van der Waals surface area contributed by atoms with Gasteiger partial charge in [0.05, 0.1) is 12.4 Å². The first-order valence-corrected chi connectivity index (χ1v) is 5.78. The second-order valence-electron chi connectivity index (χ2n) is 4.33. The second-order valence-corrected chi connectivity index (χ2v) is 4.60. The predicted molar refractivity (Wildman–Crippen MR) is 57.5 cm³/mol. The Kier molecular flexibility index (Phi) is 3.24. The topological polar surface area (TPSA) is 20.3 Å². The highest BCUT2D eigenvalue weighted by Gasteiger charge is 2.32. The van der Waals surface area contributed by atoms with E-state index in [4.69, 9.17) is 11.6 Å². The van der Waals surface area contributed by atoms with Crippen molar-refractivity contribution in [3.63, 3.8) is 0 Å². The lowest BCUT2D eigenvalue weighted by atomic mass is 9.86. The van der Waals surface area contributed by atoms with E-state index in [1.165, 1.54) is 12.8 Å². The van der Waals surface area contributed by atoms with Crippen molar-refractivity contribution >= 4 is 17.4 Å². The van der Waals surface area contributed by atoms with Gasteiger partial charge in [-0.05, 0) is 24.7 Å². The molecule has 1 aliphatic carbocycles. The summed E-state index contributed by atoms with van der Waals surface area (Å²) in [5.74, 6) is 1.87. The van der Waals surface area contributed by atoms with Crippen LogP contribution in [-0.4, -0.2) is 36.2 Å². The van der Waals surface area contributed by atoms with Crippen molar-refractivity contribution in [3.8, 4) is 0 Å². The van der Waals surface area contributed by atoms with Gasteiger partial charge in [0.25, 0.3) is 0 Å². The number of carbonyl (C=O) groups excluding carboxylic acids is 1. The summed E-state index contributed by atoms with van der Waals surface area (Å²) >= 11 is 5.49. The molecule has 0 aromatic carbocycles. The van der Waals surface area contributed by atoms with Gasteiger partial charge < -0.3 is 0 Å². The Morgan fingerprint density at radius 1 is 1.29 bits per heavy atom. The average molecular weight is 214 g/mol. The van der Waals surface area contributed by atoms with E-state index in [2.05, 4.69) is 17.1 Å². The fraction of sp³-hybridized carbons (Fsp3) is 0.727. The number of ketones is 1. The van der Waals surface area contributed by atoms with Crippen LogP contribution in [0, 0.1) is 11.8 Å². The van der Waals surface area contributed by atoms with Gasteiger partial charge in [0.15, 0.2) is 5.78 Å². The molecule has 2 aliphatic rings. The normalized spacial score (nSPS) is 31.8. The van der Waals surface area contributed by atoms with Gasteiger partial charge in [0.2, 0.25) is 0 Å². The van der Waals surface area contributed by atoms with Gasteiger partial charge in [-0.3, -0.25) is 9.69 Å². The SMILES string of the molecule is O=C(CCl)CN1CC2CC=CCC2C1. The zero-order valence-corrected chi connectivity index (χ0v) is 9.04. The van der Waals surface area contributed by atoms with E-state index in [0.29, 0.717) is 6.54 Å². The number of Topliss-reactive ketones (excluding diaryl/α,β-unsaturated/α-hetero) is 1. The number of likely N-dealkylation sites (tertiary alicyclic amines) is 1. The zero-order valence-electron chi connectivity index (χ0n) is 8.29. The summed E-state index contributed by atoms with van der Waals surface area (Å²) in [7, 11) is 0. The number of allylic oxidation sites excluding steroid dienone is 2. The highest BCUT2D eigenvalue weighted by molar-refractivity contribution is 6.27. The van der Waals surface area contributed by atoms with Crippen LogP contribution in [0.2, 0.25) is 0 Å². The van der Waals surface area contributed by atoms with Crippen LogP contribution in [-0.2, 0) is 4.79 Å². The molecule has 1 heterocycles. The second kappa shape index (κ2) is 4.45. The first-order valence-electron chi connectivity index (χ1n) is 5.24. The van der Waals surface area contributed by atoms with Crippen molar-refractivity contribution in [2.24, 2.45) is 11.8 Å². The maximum absolute atomic E-state index is 11.2. The van der Waals surface area contributed by atoms with Crippen molar-refractivity contribution < 1.29 is 4.79 Å². The summed E-state index contributed by atoms with van der Waals surface area (Å²) in [6.07, 6.45) is 6.93. The fourth-order valence-corrected chi connectivity index (χ4v) is 2.62. The molecular formula is C11H16ClNO. The molecule has 2 atom stereocenters. The van der Waals surface area contributed by atoms with E-state index in [1.54, 1.807) is 0 Å².